The second kappa shape index (κ2) is 5.49. The zero-order valence-electron chi connectivity index (χ0n) is 11.6. The molecule has 19 heavy (non-hydrogen) atoms. The van der Waals surface area contributed by atoms with E-state index in [1.165, 1.54) is 6.42 Å². The molecule has 0 aromatic heterocycles. The summed E-state index contributed by atoms with van der Waals surface area (Å²) in [6.07, 6.45) is 3.81. The van der Waals surface area contributed by atoms with Crippen LogP contribution in [0.1, 0.15) is 52.4 Å². The molecule has 1 heterocycles. The third-order valence-corrected chi connectivity index (χ3v) is 4.14. The minimum absolute atomic E-state index is 0.147. The zero-order valence-corrected chi connectivity index (χ0v) is 11.6. The number of hydrogen-bond acceptors (Lipinski definition) is 3. The summed E-state index contributed by atoms with van der Waals surface area (Å²) in [6, 6.07) is 0.198. The average Bonchev–Trinajstić information content (AvgIpc) is 2.76. The molecule has 3 unspecified atom stereocenters. The van der Waals surface area contributed by atoms with Gasteiger partial charge in [0.05, 0.1) is 0 Å². The quantitative estimate of drug-likeness (QED) is 0.817. The molecule has 2 aliphatic rings. The summed E-state index contributed by atoms with van der Waals surface area (Å²) < 4.78 is 5.27. The van der Waals surface area contributed by atoms with Gasteiger partial charge >= 0.3 is 5.97 Å². The first-order chi connectivity index (χ1) is 8.87. The van der Waals surface area contributed by atoms with Crippen LogP contribution in [0.2, 0.25) is 0 Å². The lowest BCUT2D eigenvalue weighted by Crippen LogP contribution is -2.45. The number of carboxylic acids is 1. The molecule has 1 saturated heterocycles. The van der Waals surface area contributed by atoms with E-state index in [0.29, 0.717) is 12.8 Å². The van der Waals surface area contributed by atoms with Crippen molar-refractivity contribution in [2.24, 2.45) is 5.41 Å². The lowest BCUT2D eigenvalue weighted by Gasteiger charge is -2.35. The monoisotopic (exact) mass is 269 g/mol. The summed E-state index contributed by atoms with van der Waals surface area (Å²) in [7, 11) is 0. The first-order valence-electron chi connectivity index (χ1n) is 7.06. The number of carbonyl (C=O) groups is 2. The molecule has 0 spiro atoms. The summed E-state index contributed by atoms with van der Waals surface area (Å²) in [5.41, 5.74) is 0.274. The topological polar surface area (TPSA) is 75.6 Å². The first kappa shape index (κ1) is 14.3. The summed E-state index contributed by atoms with van der Waals surface area (Å²) >= 11 is 0. The predicted octanol–water partition coefficient (Wildman–Crippen LogP) is 1.70. The van der Waals surface area contributed by atoms with Crippen molar-refractivity contribution >= 4 is 11.9 Å². The van der Waals surface area contributed by atoms with Gasteiger partial charge in [0.25, 0.3) is 0 Å². The van der Waals surface area contributed by atoms with Gasteiger partial charge < -0.3 is 15.2 Å². The van der Waals surface area contributed by atoms with Crippen LogP contribution in [0.4, 0.5) is 0 Å². The zero-order chi connectivity index (χ0) is 14.0. The van der Waals surface area contributed by atoms with E-state index in [2.05, 4.69) is 19.2 Å². The Hall–Kier alpha value is -1.10. The van der Waals surface area contributed by atoms with Crippen LogP contribution in [-0.4, -0.2) is 35.2 Å². The third-order valence-electron chi connectivity index (χ3n) is 4.14. The summed E-state index contributed by atoms with van der Waals surface area (Å²) in [4.78, 5) is 22.9. The molecule has 108 valence electrons. The van der Waals surface area contributed by atoms with Crippen molar-refractivity contribution in [3.05, 3.63) is 0 Å². The van der Waals surface area contributed by atoms with Gasteiger partial charge in [0.2, 0.25) is 5.91 Å². The Balaban J connectivity index is 1.83. The lowest BCUT2D eigenvalue weighted by atomic mass is 9.75. The van der Waals surface area contributed by atoms with E-state index in [1.54, 1.807) is 0 Å². The number of nitrogens with one attached hydrogen (secondary N) is 1. The van der Waals surface area contributed by atoms with Crippen LogP contribution in [0, 0.1) is 5.41 Å². The van der Waals surface area contributed by atoms with Crippen molar-refractivity contribution in [3.63, 3.8) is 0 Å². The fourth-order valence-electron chi connectivity index (χ4n) is 3.13. The van der Waals surface area contributed by atoms with Crippen molar-refractivity contribution in [2.75, 3.05) is 0 Å². The smallest absolute Gasteiger partial charge is 0.332 e. The van der Waals surface area contributed by atoms with Crippen molar-refractivity contribution in [1.82, 2.24) is 5.32 Å². The Bertz CT molecular complexity index is 366. The van der Waals surface area contributed by atoms with E-state index in [-0.39, 0.29) is 17.4 Å². The van der Waals surface area contributed by atoms with Gasteiger partial charge in [0.15, 0.2) is 6.10 Å². The number of ether oxygens (including phenoxy) is 1. The lowest BCUT2D eigenvalue weighted by molar-refractivity contribution is -0.152. The van der Waals surface area contributed by atoms with Gasteiger partial charge in [-0.2, -0.15) is 0 Å². The third kappa shape index (κ3) is 3.69. The number of carbonyl (C=O) groups excluding carboxylic acids is 1. The molecule has 2 fully saturated rings. The van der Waals surface area contributed by atoms with Gasteiger partial charge in [-0.15, -0.1) is 0 Å². The van der Waals surface area contributed by atoms with Gasteiger partial charge in [0, 0.05) is 6.04 Å². The van der Waals surface area contributed by atoms with E-state index in [0.717, 1.165) is 19.3 Å². The molecule has 0 bridgehead atoms. The second-order valence-electron chi connectivity index (χ2n) is 6.50. The molecule has 2 rings (SSSR count). The van der Waals surface area contributed by atoms with Gasteiger partial charge in [-0.05, 0) is 37.5 Å². The van der Waals surface area contributed by atoms with Gasteiger partial charge in [-0.3, -0.25) is 4.79 Å². The van der Waals surface area contributed by atoms with Crippen molar-refractivity contribution in [2.45, 2.75) is 70.6 Å². The largest absolute Gasteiger partial charge is 0.479 e. The summed E-state index contributed by atoms with van der Waals surface area (Å²) in [5, 5.41) is 11.9. The van der Waals surface area contributed by atoms with Crippen LogP contribution >= 0.6 is 0 Å². The highest BCUT2D eigenvalue weighted by molar-refractivity contribution is 5.82. The number of aliphatic carboxylic acids is 1. The van der Waals surface area contributed by atoms with Gasteiger partial charge in [-0.25, -0.2) is 4.79 Å². The molecule has 0 radical (unpaired) electrons. The minimum atomic E-state index is -0.978. The van der Waals surface area contributed by atoms with Crippen LogP contribution in [0.3, 0.4) is 0 Å². The summed E-state index contributed by atoms with van der Waals surface area (Å²) in [6.45, 7) is 4.44. The van der Waals surface area contributed by atoms with Gasteiger partial charge in [0.1, 0.15) is 6.10 Å². The highest BCUT2D eigenvalue weighted by atomic mass is 16.5. The molecule has 1 amide bonds. The molecule has 5 nitrogen and oxygen atoms in total. The molecule has 0 aromatic rings. The summed E-state index contributed by atoms with van der Waals surface area (Å²) in [5.74, 6) is -1.12. The molecule has 0 aromatic carbocycles. The molecule has 1 saturated carbocycles. The molecular weight excluding hydrogens is 246 g/mol. The van der Waals surface area contributed by atoms with Crippen LogP contribution in [0.5, 0.6) is 0 Å². The Morgan fingerprint density at radius 2 is 1.89 bits per heavy atom. The minimum Gasteiger partial charge on any atom is -0.479 e. The fourth-order valence-corrected chi connectivity index (χ4v) is 3.13. The number of hydrogen-bond donors (Lipinski definition) is 2. The Morgan fingerprint density at radius 1 is 1.21 bits per heavy atom. The maximum Gasteiger partial charge on any atom is 0.332 e. The van der Waals surface area contributed by atoms with Crippen LogP contribution < -0.4 is 5.32 Å². The fraction of sp³-hybridized carbons (Fsp3) is 0.857. The van der Waals surface area contributed by atoms with E-state index >= 15 is 0 Å². The highest BCUT2D eigenvalue weighted by Crippen LogP contribution is 2.35. The number of rotatable bonds is 3. The Kier molecular flexibility index (Phi) is 4.13. The Labute approximate surface area is 113 Å². The van der Waals surface area contributed by atoms with Crippen molar-refractivity contribution < 1.29 is 19.4 Å². The van der Waals surface area contributed by atoms with E-state index in [9.17, 15) is 9.59 Å². The molecule has 1 aliphatic carbocycles. The predicted molar refractivity (Wildman–Crippen MR) is 69.7 cm³/mol. The van der Waals surface area contributed by atoms with E-state index < -0.39 is 18.2 Å². The van der Waals surface area contributed by atoms with Crippen molar-refractivity contribution in [3.8, 4) is 0 Å². The van der Waals surface area contributed by atoms with E-state index in [4.69, 9.17) is 9.84 Å². The average molecular weight is 269 g/mol. The van der Waals surface area contributed by atoms with Crippen LogP contribution in [0.15, 0.2) is 0 Å². The molecule has 1 aliphatic heterocycles. The number of amides is 1. The standard InChI is InChI=1S/C14H23NO4/c1-14(2)7-3-4-9(8-14)15-12(16)10-5-6-11(19-10)13(17)18/h9-11H,3-8H2,1-2H3,(H,15,16)(H,17,18). The molecule has 5 heteroatoms. The van der Waals surface area contributed by atoms with Crippen molar-refractivity contribution in [1.29, 1.82) is 0 Å². The Morgan fingerprint density at radius 3 is 2.47 bits per heavy atom. The first-order valence-corrected chi connectivity index (χ1v) is 7.06. The van der Waals surface area contributed by atoms with Crippen LogP contribution in [-0.2, 0) is 14.3 Å². The molecule has 3 atom stereocenters. The van der Waals surface area contributed by atoms with Crippen LogP contribution in [0.25, 0.3) is 0 Å². The normalized spacial score (nSPS) is 33.9. The maximum absolute atomic E-state index is 12.1. The number of carboxylic acid groups (broad SMARTS) is 1. The van der Waals surface area contributed by atoms with Gasteiger partial charge in [-0.1, -0.05) is 20.3 Å². The molecule has 2 N–H and O–H groups in total. The second-order valence-corrected chi connectivity index (χ2v) is 6.50. The van der Waals surface area contributed by atoms with E-state index in [1.807, 2.05) is 0 Å². The molecular formula is C14H23NO4. The maximum atomic E-state index is 12.1. The highest BCUT2D eigenvalue weighted by Gasteiger charge is 2.36. The SMILES string of the molecule is CC1(C)CCCC(NC(=O)C2CCC(C(=O)O)O2)C1.